The van der Waals surface area contributed by atoms with Crippen molar-refractivity contribution in [3.05, 3.63) is 188 Å². The lowest BCUT2D eigenvalue weighted by Crippen LogP contribution is -2.04. The second-order valence-electron chi connectivity index (χ2n) is 13.7. The summed E-state index contributed by atoms with van der Waals surface area (Å²) in [6.45, 7) is 0. The van der Waals surface area contributed by atoms with Gasteiger partial charge in [0, 0.05) is 38.0 Å². The minimum atomic E-state index is 0.620. The first-order valence-electron chi connectivity index (χ1n) is 17.9. The van der Waals surface area contributed by atoms with Gasteiger partial charge in [-0.3, -0.25) is 0 Å². The molecule has 0 aliphatic heterocycles. The van der Waals surface area contributed by atoms with Crippen LogP contribution in [0.2, 0.25) is 0 Å². The number of benzene rings is 8. The van der Waals surface area contributed by atoms with E-state index in [-0.39, 0.29) is 0 Å². The number of rotatable bonds is 4. The van der Waals surface area contributed by atoms with E-state index in [1.807, 2.05) is 6.07 Å². The molecule has 0 unspecified atom stereocenters. The lowest BCUT2D eigenvalue weighted by atomic mass is 10.0. The van der Waals surface area contributed by atoms with Gasteiger partial charge in [0.15, 0.2) is 0 Å². The number of aromatic nitrogens is 3. The van der Waals surface area contributed by atoms with Gasteiger partial charge in [0.1, 0.15) is 11.6 Å². The van der Waals surface area contributed by atoms with Gasteiger partial charge < -0.3 is 13.7 Å². The topological polar surface area (TPSA) is 38.6 Å². The zero-order chi connectivity index (χ0) is 35.0. The fraction of sp³-hybridized carbons (Fsp3) is 0. The molecule has 8 aromatic carbocycles. The summed E-state index contributed by atoms with van der Waals surface area (Å²) in [7, 11) is 0. The number of nitrogens with zero attached hydrogens (tertiary/aromatic N) is 4. The largest absolute Gasteiger partial charge is 0.309 e. The molecule has 0 amide bonds. The Kier molecular flexibility index (Phi) is 6.28. The molecule has 0 radical (unpaired) electrons. The highest BCUT2D eigenvalue weighted by molar-refractivity contribution is 6.19. The van der Waals surface area contributed by atoms with Crippen molar-refractivity contribution in [2.24, 2.45) is 0 Å². The molecule has 0 aliphatic rings. The number of para-hydroxylation sites is 4. The average Bonchev–Trinajstić information content (AvgIpc) is 3.85. The molecule has 11 aromatic rings. The molecular weight excluding hydrogens is 645 g/mol. The van der Waals surface area contributed by atoms with E-state index >= 15 is 0 Å². The van der Waals surface area contributed by atoms with Gasteiger partial charge in [-0.15, -0.1) is 0 Å². The fourth-order valence-electron chi connectivity index (χ4n) is 8.60. The van der Waals surface area contributed by atoms with Crippen LogP contribution in [0.3, 0.4) is 0 Å². The van der Waals surface area contributed by atoms with Gasteiger partial charge in [0.2, 0.25) is 0 Å². The molecule has 0 spiro atoms. The number of hydrogen-bond acceptors (Lipinski definition) is 1. The zero-order valence-corrected chi connectivity index (χ0v) is 28.6. The molecule has 11 rings (SSSR count). The zero-order valence-electron chi connectivity index (χ0n) is 28.6. The predicted octanol–water partition coefficient (Wildman–Crippen LogP) is 12.5. The van der Waals surface area contributed by atoms with Crippen LogP contribution in [0.4, 0.5) is 0 Å². The van der Waals surface area contributed by atoms with Gasteiger partial charge in [-0.05, 0) is 71.8 Å². The van der Waals surface area contributed by atoms with E-state index in [0.717, 1.165) is 82.8 Å². The summed E-state index contributed by atoms with van der Waals surface area (Å²) in [5.74, 6) is 0. The first-order valence-corrected chi connectivity index (χ1v) is 17.9. The number of fused-ring (bicyclic) bond motifs is 9. The Labute approximate surface area is 305 Å². The highest BCUT2D eigenvalue weighted by atomic mass is 15.0. The van der Waals surface area contributed by atoms with Crippen molar-refractivity contribution in [3.63, 3.8) is 0 Å². The molecule has 4 heteroatoms. The van der Waals surface area contributed by atoms with Gasteiger partial charge in [0.05, 0.1) is 44.5 Å². The van der Waals surface area contributed by atoms with E-state index in [1.165, 1.54) is 10.8 Å². The van der Waals surface area contributed by atoms with E-state index in [4.69, 9.17) is 0 Å². The van der Waals surface area contributed by atoms with Gasteiger partial charge in [-0.2, -0.15) is 5.26 Å². The maximum atomic E-state index is 11.2. The minimum Gasteiger partial charge on any atom is -0.309 e. The molecule has 4 nitrogen and oxygen atoms in total. The van der Waals surface area contributed by atoms with Crippen LogP contribution in [0.25, 0.3) is 93.6 Å². The van der Waals surface area contributed by atoms with Crippen LogP contribution in [0.15, 0.2) is 182 Å². The molecule has 53 heavy (non-hydrogen) atoms. The second-order valence-corrected chi connectivity index (χ2v) is 13.7. The van der Waals surface area contributed by atoms with Crippen LogP contribution in [0.5, 0.6) is 0 Å². The molecule has 3 aromatic heterocycles. The van der Waals surface area contributed by atoms with Crippen LogP contribution in [-0.2, 0) is 0 Å². The van der Waals surface area contributed by atoms with Crippen molar-refractivity contribution in [2.75, 3.05) is 0 Å². The third-order valence-corrected chi connectivity index (χ3v) is 10.9. The quantitative estimate of drug-likeness (QED) is 0.183. The van der Waals surface area contributed by atoms with Crippen LogP contribution in [-0.4, -0.2) is 13.7 Å². The van der Waals surface area contributed by atoms with Crippen LogP contribution < -0.4 is 0 Å². The van der Waals surface area contributed by atoms with Crippen LogP contribution in [0, 0.1) is 11.3 Å². The summed E-state index contributed by atoms with van der Waals surface area (Å²) >= 11 is 0. The van der Waals surface area contributed by atoms with Gasteiger partial charge in [-0.1, -0.05) is 121 Å². The molecule has 0 saturated carbocycles. The fourth-order valence-corrected chi connectivity index (χ4v) is 8.60. The van der Waals surface area contributed by atoms with Crippen LogP contribution in [0.1, 0.15) is 5.56 Å². The smallest absolute Gasteiger partial charge is 0.104 e. The molecule has 246 valence electrons. The normalized spacial score (nSPS) is 11.8. The Balaban J connectivity index is 1.23. The number of nitriles is 1. The van der Waals surface area contributed by atoms with E-state index < -0.39 is 0 Å². The van der Waals surface area contributed by atoms with Crippen molar-refractivity contribution < 1.29 is 0 Å². The molecule has 0 N–H and O–H groups in total. The monoisotopic (exact) mass is 674 g/mol. The Morgan fingerprint density at radius 2 is 0.774 bits per heavy atom. The third kappa shape index (κ3) is 4.22. The lowest BCUT2D eigenvalue weighted by Gasteiger charge is -2.16. The lowest BCUT2D eigenvalue weighted by molar-refractivity contribution is 1.12. The molecule has 3 heterocycles. The molecule has 0 saturated heterocycles. The Bertz CT molecular complexity index is 3280. The minimum absolute atomic E-state index is 0.620. The first-order chi connectivity index (χ1) is 26.3. The molecule has 0 aliphatic carbocycles. The van der Waals surface area contributed by atoms with Gasteiger partial charge in [0.25, 0.3) is 0 Å². The molecule has 0 bridgehead atoms. The van der Waals surface area contributed by atoms with Crippen molar-refractivity contribution in [1.82, 2.24) is 13.7 Å². The molecule has 0 atom stereocenters. The first kappa shape index (κ1) is 29.4. The van der Waals surface area contributed by atoms with E-state index in [2.05, 4.69) is 196 Å². The van der Waals surface area contributed by atoms with Gasteiger partial charge >= 0.3 is 0 Å². The Morgan fingerprint density at radius 1 is 0.321 bits per heavy atom. The van der Waals surface area contributed by atoms with E-state index in [1.54, 1.807) is 0 Å². The van der Waals surface area contributed by atoms with Crippen molar-refractivity contribution >= 4 is 65.4 Å². The maximum Gasteiger partial charge on any atom is 0.104 e. The maximum absolute atomic E-state index is 11.2. The SMILES string of the molecule is N#Cc1c(-n2c3ccccc3c3ccc(-c4ccccc4)cc32)cccc1-n1c2ccccc2c2cc3c(cc21)c1ccccc1n3-c1ccccc1. The summed E-state index contributed by atoms with van der Waals surface area (Å²) in [5, 5.41) is 18.2. The Hall–Kier alpha value is -7.35. The average molecular weight is 675 g/mol. The summed E-state index contributed by atoms with van der Waals surface area (Å²) < 4.78 is 6.94. The second kappa shape index (κ2) is 11.3. The van der Waals surface area contributed by atoms with Crippen molar-refractivity contribution in [2.45, 2.75) is 0 Å². The van der Waals surface area contributed by atoms with Crippen molar-refractivity contribution in [3.8, 4) is 34.3 Å². The standard InChI is InChI=1S/C49H30N4/c50-31-41-45(52-43-22-11-7-18-35(43)38-27-26-33(28-47(38)52)32-14-3-1-4-15-32)24-13-25-46(41)53-44-23-12-9-20-37(44)40-29-48-39(30-49(40)53)36-19-8-10-21-42(36)51(48)34-16-5-2-6-17-34/h1-30H. The van der Waals surface area contributed by atoms with Gasteiger partial charge in [-0.25, -0.2) is 0 Å². The Morgan fingerprint density at radius 3 is 1.36 bits per heavy atom. The third-order valence-electron chi connectivity index (χ3n) is 10.9. The predicted molar refractivity (Wildman–Crippen MR) is 220 cm³/mol. The highest BCUT2D eigenvalue weighted by Gasteiger charge is 2.22. The van der Waals surface area contributed by atoms with E-state index in [9.17, 15) is 5.26 Å². The summed E-state index contributed by atoms with van der Waals surface area (Å²) in [4.78, 5) is 0. The summed E-state index contributed by atoms with van der Waals surface area (Å²) in [6, 6.07) is 67.1. The van der Waals surface area contributed by atoms with E-state index in [0.29, 0.717) is 5.56 Å². The molecule has 0 fully saturated rings. The number of hydrogen-bond donors (Lipinski definition) is 0. The highest BCUT2D eigenvalue weighted by Crippen LogP contribution is 2.42. The van der Waals surface area contributed by atoms with Crippen LogP contribution >= 0.6 is 0 Å². The molecular formula is C49H30N4. The van der Waals surface area contributed by atoms with Crippen molar-refractivity contribution in [1.29, 1.82) is 5.26 Å². The summed E-state index contributed by atoms with van der Waals surface area (Å²) in [5.41, 5.74) is 12.3. The summed E-state index contributed by atoms with van der Waals surface area (Å²) in [6.07, 6.45) is 0.